The number of hydrogen-bond acceptors (Lipinski definition) is 6. The maximum atomic E-state index is 13.6. The van der Waals surface area contributed by atoms with Crippen LogP contribution in [0.4, 0.5) is 0 Å². The third-order valence-electron chi connectivity index (χ3n) is 5.90. The number of carbonyl (C=O) groups is 2. The Morgan fingerprint density at radius 3 is 2.03 bits per heavy atom. The normalized spacial score (nSPS) is 13.9. The Morgan fingerprint density at radius 1 is 0.829 bits per heavy atom. The topological polar surface area (TPSA) is 85.7 Å². The van der Waals surface area contributed by atoms with Crippen molar-refractivity contribution in [2.24, 2.45) is 0 Å². The van der Waals surface area contributed by atoms with E-state index in [1.54, 1.807) is 61.2 Å². The van der Waals surface area contributed by atoms with Crippen LogP contribution in [0.25, 0.3) is 6.08 Å². The van der Waals surface area contributed by atoms with Crippen LogP contribution in [0.15, 0.2) is 116 Å². The molecule has 0 amide bonds. The molecule has 0 aromatic carbocycles. The number of allylic oxidation sites excluding steroid dienone is 2. The highest BCUT2D eigenvalue weighted by Gasteiger charge is 2.49. The SMILES string of the molecule is C=CC(=O)C(c1ccccn1)C(Cc1ccccn1)(/C(C=O)=C/c1ccccn1)c1ccccn1. The first-order valence-corrected chi connectivity index (χ1v) is 11.2. The zero-order valence-corrected chi connectivity index (χ0v) is 19.1. The molecule has 0 spiro atoms. The third-order valence-corrected chi connectivity index (χ3v) is 5.90. The van der Waals surface area contributed by atoms with Crippen molar-refractivity contribution >= 4 is 18.1 Å². The summed E-state index contributed by atoms with van der Waals surface area (Å²) in [5, 5.41) is 0. The molecule has 0 aliphatic heterocycles. The van der Waals surface area contributed by atoms with Crippen LogP contribution in [0.5, 0.6) is 0 Å². The molecule has 35 heavy (non-hydrogen) atoms. The first-order valence-electron chi connectivity index (χ1n) is 11.2. The van der Waals surface area contributed by atoms with Gasteiger partial charge in [-0.25, -0.2) is 0 Å². The number of aldehydes is 1. The Balaban J connectivity index is 2.10. The highest BCUT2D eigenvalue weighted by Crippen LogP contribution is 2.46. The molecule has 0 N–H and O–H groups in total. The second-order valence-corrected chi connectivity index (χ2v) is 7.95. The van der Waals surface area contributed by atoms with Crippen LogP contribution in [0.1, 0.15) is 28.7 Å². The molecule has 0 bridgehead atoms. The van der Waals surface area contributed by atoms with Crippen molar-refractivity contribution in [1.29, 1.82) is 0 Å². The van der Waals surface area contributed by atoms with Gasteiger partial charge < -0.3 is 0 Å². The van der Waals surface area contributed by atoms with Crippen LogP contribution >= 0.6 is 0 Å². The monoisotopic (exact) mass is 460 g/mol. The fourth-order valence-electron chi connectivity index (χ4n) is 4.37. The molecule has 4 aromatic rings. The summed E-state index contributed by atoms with van der Waals surface area (Å²) in [6, 6.07) is 21.9. The number of nitrogens with zero attached hydrogens (tertiary/aromatic N) is 4. The lowest BCUT2D eigenvalue weighted by Crippen LogP contribution is -2.43. The smallest absolute Gasteiger partial charge is 0.165 e. The van der Waals surface area contributed by atoms with Crippen molar-refractivity contribution < 1.29 is 9.59 Å². The first-order chi connectivity index (χ1) is 17.2. The van der Waals surface area contributed by atoms with Crippen molar-refractivity contribution in [2.45, 2.75) is 17.8 Å². The summed E-state index contributed by atoms with van der Waals surface area (Å²) in [6.07, 6.45) is 10.6. The van der Waals surface area contributed by atoms with Crippen molar-refractivity contribution in [3.8, 4) is 0 Å². The quantitative estimate of drug-likeness (QED) is 0.255. The van der Waals surface area contributed by atoms with Crippen LogP contribution in [0.3, 0.4) is 0 Å². The molecule has 2 atom stereocenters. The summed E-state index contributed by atoms with van der Waals surface area (Å²) < 4.78 is 0. The van der Waals surface area contributed by atoms with Crippen molar-refractivity contribution in [3.63, 3.8) is 0 Å². The largest absolute Gasteiger partial charge is 0.298 e. The molecule has 172 valence electrons. The zero-order valence-electron chi connectivity index (χ0n) is 19.1. The van der Waals surface area contributed by atoms with Gasteiger partial charge in [-0.05, 0) is 60.7 Å². The number of hydrogen-bond donors (Lipinski definition) is 0. The van der Waals surface area contributed by atoms with Crippen LogP contribution in [0, 0.1) is 0 Å². The minimum atomic E-state index is -1.24. The van der Waals surface area contributed by atoms with E-state index >= 15 is 0 Å². The van der Waals surface area contributed by atoms with E-state index in [9.17, 15) is 9.59 Å². The number of carbonyl (C=O) groups excluding carboxylic acids is 2. The summed E-state index contributed by atoms with van der Waals surface area (Å²) in [5.41, 5.74) is 1.44. The molecule has 0 radical (unpaired) electrons. The summed E-state index contributed by atoms with van der Waals surface area (Å²) in [5.74, 6) is -1.17. The molecule has 4 heterocycles. The minimum absolute atomic E-state index is 0.225. The lowest BCUT2D eigenvalue weighted by Gasteiger charge is -2.39. The van der Waals surface area contributed by atoms with E-state index in [0.717, 1.165) is 6.29 Å². The van der Waals surface area contributed by atoms with E-state index in [1.807, 2.05) is 42.5 Å². The molecule has 6 heteroatoms. The van der Waals surface area contributed by atoms with Gasteiger partial charge >= 0.3 is 0 Å². The van der Waals surface area contributed by atoms with E-state index in [0.29, 0.717) is 28.3 Å². The minimum Gasteiger partial charge on any atom is -0.298 e. The van der Waals surface area contributed by atoms with Gasteiger partial charge in [-0.3, -0.25) is 29.5 Å². The third kappa shape index (κ3) is 5.01. The molecular formula is C29H24N4O2. The highest BCUT2D eigenvalue weighted by molar-refractivity contribution is 5.99. The Hall–Kier alpha value is -4.58. The maximum absolute atomic E-state index is 13.6. The average molecular weight is 461 g/mol. The molecule has 6 nitrogen and oxygen atoms in total. The van der Waals surface area contributed by atoms with Gasteiger partial charge in [0.2, 0.25) is 0 Å². The molecule has 0 fully saturated rings. The van der Waals surface area contributed by atoms with Gasteiger partial charge in [-0.2, -0.15) is 0 Å². The summed E-state index contributed by atoms with van der Waals surface area (Å²) in [6.45, 7) is 3.76. The Labute approximate surface area is 204 Å². The summed E-state index contributed by atoms with van der Waals surface area (Å²) in [4.78, 5) is 44.6. The highest BCUT2D eigenvalue weighted by atomic mass is 16.1. The number of pyridine rings is 4. The standard InChI is InChI=1S/C29H24N4O2/c1-2-26(35)28(25-13-5-9-17-32-25)29(27-14-6-10-18-33-27,20-24-12-4-8-16-31-24)22(21-34)19-23-11-3-7-15-30-23/h2-19,21,28H,1,20H2/b22-19+. The number of ketones is 1. The Bertz CT molecular complexity index is 1310. The number of aromatic nitrogens is 4. The fraction of sp³-hybridized carbons (Fsp3) is 0.103. The van der Waals surface area contributed by atoms with Gasteiger partial charge in [0.05, 0.1) is 28.4 Å². The Morgan fingerprint density at radius 2 is 1.49 bits per heavy atom. The summed E-state index contributed by atoms with van der Waals surface area (Å²) in [7, 11) is 0. The first kappa shape index (κ1) is 23.6. The molecular weight excluding hydrogens is 436 g/mol. The van der Waals surface area contributed by atoms with Gasteiger partial charge in [0.25, 0.3) is 0 Å². The Kier molecular flexibility index (Phi) is 7.43. The van der Waals surface area contributed by atoms with Crippen molar-refractivity contribution in [1.82, 2.24) is 19.9 Å². The average Bonchev–Trinajstić information content (AvgIpc) is 2.93. The van der Waals surface area contributed by atoms with Crippen LogP contribution < -0.4 is 0 Å². The van der Waals surface area contributed by atoms with E-state index in [1.165, 1.54) is 6.08 Å². The van der Waals surface area contributed by atoms with Crippen molar-refractivity contribution in [3.05, 3.63) is 139 Å². The lowest BCUT2D eigenvalue weighted by atomic mass is 9.62. The lowest BCUT2D eigenvalue weighted by molar-refractivity contribution is -0.117. The molecule has 2 unspecified atom stereocenters. The molecule has 0 aliphatic carbocycles. The van der Waals surface area contributed by atoms with Gasteiger partial charge in [0.15, 0.2) is 5.78 Å². The molecule has 4 aromatic heterocycles. The second kappa shape index (κ2) is 11.0. The van der Waals surface area contributed by atoms with Crippen LogP contribution in [-0.4, -0.2) is 32.0 Å². The molecule has 0 saturated carbocycles. The molecule has 0 aliphatic rings. The molecule has 0 saturated heterocycles. The predicted molar refractivity (Wildman–Crippen MR) is 134 cm³/mol. The molecule has 4 rings (SSSR count). The van der Waals surface area contributed by atoms with E-state index in [4.69, 9.17) is 0 Å². The maximum Gasteiger partial charge on any atom is 0.165 e. The van der Waals surface area contributed by atoms with Crippen molar-refractivity contribution in [2.75, 3.05) is 0 Å². The van der Waals surface area contributed by atoms with Gasteiger partial charge in [0, 0.05) is 42.5 Å². The van der Waals surface area contributed by atoms with Crippen LogP contribution in [-0.2, 0) is 21.4 Å². The van der Waals surface area contributed by atoms with E-state index in [-0.39, 0.29) is 12.2 Å². The zero-order chi connectivity index (χ0) is 24.5. The van der Waals surface area contributed by atoms with E-state index < -0.39 is 11.3 Å². The van der Waals surface area contributed by atoms with Gasteiger partial charge in [-0.1, -0.05) is 30.8 Å². The fourth-order valence-corrected chi connectivity index (χ4v) is 4.37. The summed E-state index contributed by atoms with van der Waals surface area (Å²) >= 11 is 0. The van der Waals surface area contributed by atoms with Gasteiger partial charge in [0.1, 0.15) is 6.29 Å². The van der Waals surface area contributed by atoms with Crippen LogP contribution in [0.2, 0.25) is 0 Å². The predicted octanol–water partition coefficient (Wildman–Crippen LogP) is 4.57. The van der Waals surface area contributed by atoms with Gasteiger partial charge in [-0.15, -0.1) is 0 Å². The second-order valence-electron chi connectivity index (χ2n) is 7.95. The van der Waals surface area contributed by atoms with E-state index in [2.05, 4.69) is 26.5 Å². The number of rotatable bonds is 10.